The predicted octanol–water partition coefficient (Wildman–Crippen LogP) is 1.82. The average Bonchev–Trinajstić information content (AvgIpc) is 2.44. The lowest BCUT2D eigenvalue weighted by atomic mass is 10.4. The summed E-state index contributed by atoms with van der Waals surface area (Å²) in [6.07, 6.45) is 0.722. The second-order valence-corrected chi connectivity index (χ2v) is 1.60. The summed E-state index contributed by atoms with van der Waals surface area (Å²) in [7, 11) is 0. The van der Waals surface area contributed by atoms with Crippen molar-refractivity contribution in [2.75, 3.05) is 13.2 Å². The molecule has 0 bridgehead atoms. The molecule has 1 heterocycles. The van der Waals surface area contributed by atoms with Gasteiger partial charge in [-0.2, -0.15) is 0 Å². The Hall–Kier alpha value is -1.03. The molecule has 0 radical (unpaired) electrons. The fraction of sp³-hybridized carbons (Fsp3) is 0.571. The molecule has 1 aliphatic heterocycles. The normalized spacial score (nSPS) is 13.5. The largest absolute Gasteiger partial charge is 0.503 e. The average molecular weight is 162 g/mol. The lowest BCUT2D eigenvalue weighted by Crippen LogP contribution is -1.81. The zero-order valence-electron chi connectivity index (χ0n) is 6.45. The first-order valence-corrected chi connectivity index (χ1v) is 3.23. The molecule has 66 valence electrons. The molecule has 4 nitrogen and oxygen atoms in total. The van der Waals surface area contributed by atoms with Gasteiger partial charge in [-0.15, -0.1) is 13.2 Å². The summed E-state index contributed by atoms with van der Waals surface area (Å²) in [5.74, 6) is 0. The van der Waals surface area contributed by atoms with E-state index in [1.165, 1.54) is 12.8 Å². The quantitative estimate of drug-likeness (QED) is 0.533. The summed E-state index contributed by atoms with van der Waals surface area (Å²) in [5, 5.41) is 13.9. The van der Waals surface area contributed by atoms with E-state index < -0.39 is 6.16 Å². The van der Waals surface area contributed by atoms with Gasteiger partial charge in [0.1, 0.15) is 0 Å². The van der Waals surface area contributed by atoms with Crippen LogP contribution in [0.2, 0.25) is 0 Å². The molecular weight excluding hydrogens is 148 g/mol. The van der Waals surface area contributed by atoms with Crippen LogP contribution in [0.1, 0.15) is 12.8 Å². The Morgan fingerprint density at radius 2 is 1.45 bits per heavy atom. The summed E-state index contributed by atoms with van der Waals surface area (Å²) in [4.78, 5) is 8.56. The van der Waals surface area contributed by atoms with Crippen LogP contribution < -0.4 is 0 Å². The number of rotatable bonds is 0. The first-order chi connectivity index (χ1) is 5.23. The minimum absolute atomic E-state index is 1.00. The number of carboxylic acid groups (broad SMARTS) is 2. The van der Waals surface area contributed by atoms with E-state index in [1.807, 2.05) is 0 Å². The van der Waals surface area contributed by atoms with Gasteiger partial charge < -0.3 is 14.9 Å². The number of carbonyl (C=O) groups is 1. The lowest BCUT2D eigenvalue weighted by molar-refractivity contribution is 0.137. The van der Waals surface area contributed by atoms with E-state index in [4.69, 9.17) is 19.7 Å². The van der Waals surface area contributed by atoms with Crippen molar-refractivity contribution in [2.24, 2.45) is 0 Å². The van der Waals surface area contributed by atoms with E-state index >= 15 is 0 Å². The smallest absolute Gasteiger partial charge is 0.450 e. The van der Waals surface area contributed by atoms with Crippen LogP contribution in [0, 0.1) is 0 Å². The highest BCUT2D eigenvalue weighted by Gasteiger charge is 1.94. The fourth-order valence-corrected chi connectivity index (χ4v) is 0.510. The van der Waals surface area contributed by atoms with Gasteiger partial charge in [-0.05, 0) is 12.8 Å². The zero-order valence-corrected chi connectivity index (χ0v) is 6.45. The molecule has 0 atom stereocenters. The van der Waals surface area contributed by atoms with Crippen molar-refractivity contribution in [3.8, 4) is 0 Å². The van der Waals surface area contributed by atoms with Crippen molar-refractivity contribution < 1.29 is 19.7 Å². The molecule has 0 saturated carbocycles. The Labute approximate surface area is 66.1 Å². The molecule has 4 heteroatoms. The topological polar surface area (TPSA) is 66.8 Å². The highest BCUT2D eigenvalue weighted by Crippen LogP contribution is 1.98. The zero-order chi connectivity index (χ0) is 9.11. The van der Waals surface area contributed by atoms with Crippen LogP contribution in [-0.4, -0.2) is 29.6 Å². The summed E-state index contributed by atoms with van der Waals surface area (Å²) in [6.45, 7) is 8.00. The van der Waals surface area contributed by atoms with Crippen LogP contribution in [0.15, 0.2) is 13.2 Å². The summed E-state index contributed by atoms with van der Waals surface area (Å²) in [5.41, 5.74) is 0. The van der Waals surface area contributed by atoms with Gasteiger partial charge in [-0.3, -0.25) is 0 Å². The van der Waals surface area contributed by atoms with Gasteiger partial charge in [0.05, 0.1) is 0 Å². The van der Waals surface area contributed by atoms with Crippen LogP contribution in [-0.2, 0) is 4.74 Å². The molecule has 0 amide bonds. The minimum atomic E-state index is -1.83. The van der Waals surface area contributed by atoms with Gasteiger partial charge in [0.2, 0.25) is 0 Å². The Morgan fingerprint density at radius 1 is 1.18 bits per heavy atom. The van der Waals surface area contributed by atoms with Crippen LogP contribution in [0.3, 0.4) is 0 Å². The van der Waals surface area contributed by atoms with Crippen molar-refractivity contribution in [3.63, 3.8) is 0 Å². The van der Waals surface area contributed by atoms with Gasteiger partial charge in [-0.25, -0.2) is 4.79 Å². The molecule has 2 N–H and O–H groups in total. The molecule has 11 heavy (non-hydrogen) atoms. The minimum Gasteiger partial charge on any atom is -0.450 e. The van der Waals surface area contributed by atoms with E-state index in [1.54, 1.807) is 0 Å². The first kappa shape index (κ1) is 12.6. The third-order valence-corrected chi connectivity index (χ3v) is 0.827. The van der Waals surface area contributed by atoms with Crippen LogP contribution in [0.5, 0.6) is 0 Å². The molecule has 1 aliphatic rings. The Morgan fingerprint density at radius 3 is 1.55 bits per heavy atom. The summed E-state index contributed by atoms with van der Waals surface area (Å²) in [6, 6.07) is 0. The molecule has 1 rings (SSSR count). The van der Waals surface area contributed by atoms with Crippen molar-refractivity contribution in [2.45, 2.75) is 12.8 Å². The third kappa shape index (κ3) is 27.6. The van der Waals surface area contributed by atoms with Crippen LogP contribution in [0.4, 0.5) is 4.79 Å². The Balaban J connectivity index is 0. The van der Waals surface area contributed by atoms with E-state index in [-0.39, 0.29) is 0 Å². The lowest BCUT2D eigenvalue weighted by Gasteiger charge is -1.76. The fourth-order valence-electron chi connectivity index (χ4n) is 0.510. The van der Waals surface area contributed by atoms with Gasteiger partial charge in [0.25, 0.3) is 0 Å². The van der Waals surface area contributed by atoms with Crippen molar-refractivity contribution >= 4 is 6.16 Å². The molecule has 1 fully saturated rings. The molecule has 0 aromatic carbocycles. The van der Waals surface area contributed by atoms with E-state index in [0.29, 0.717) is 0 Å². The maximum atomic E-state index is 8.56. The molecule has 0 unspecified atom stereocenters. The third-order valence-electron chi connectivity index (χ3n) is 0.827. The standard InChI is InChI=1S/C4H8O.C2H4.CH2O3/c1-2-4-5-3-1;1-2;2-1(3)4/h1-4H2;1-2H2;(H2,2,3,4). The second kappa shape index (κ2) is 11.7. The van der Waals surface area contributed by atoms with Gasteiger partial charge in [0, 0.05) is 13.2 Å². The molecule has 0 aliphatic carbocycles. The Bertz CT molecular complexity index is 76.8. The predicted molar refractivity (Wildman–Crippen MR) is 42.0 cm³/mol. The number of hydrogen-bond donors (Lipinski definition) is 2. The summed E-state index contributed by atoms with van der Waals surface area (Å²) >= 11 is 0. The Kier molecular flexibility index (Phi) is 13.5. The maximum absolute atomic E-state index is 8.56. The van der Waals surface area contributed by atoms with E-state index in [9.17, 15) is 0 Å². The van der Waals surface area contributed by atoms with Crippen molar-refractivity contribution in [1.29, 1.82) is 0 Å². The van der Waals surface area contributed by atoms with Gasteiger partial charge in [0.15, 0.2) is 0 Å². The van der Waals surface area contributed by atoms with E-state index in [0.717, 1.165) is 13.2 Å². The highest BCUT2D eigenvalue weighted by molar-refractivity contribution is 5.53. The van der Waals surface area contributed by atoms with Crippen molar-refractivity contribution in [3.05, 3.63) is 13.2 Å². The van der Waals surface area contributed by atoms with Gasteiger partial charge in [-0.1, -0.05) is 0 Å². The van der Waals surface area contributed by atoms with Gasteiger partial charge >= 0.3 is 6.16 Å². The molecule has 0 spiro atoms. The SMILES string of the molecule is C1CCOC1.C=C.O=C(O)O. The summed E-state index contributed by atoms with van der Waals surface area (Å²) < 4.78 is 4.94. The molecule has 0 aromatic heterocycles. The van der Waals surface area contributed by atoms with Crippen LogP contribution in [0.25, 0.3) is 0 Å². The molecular formula is C7H14O4. The van der Waals surface area contributed by atoms with Crippen molar-refractivity contribution in [1.82, 2.24) is 0 Å². The highest BCUT2D eigenvalue weighted by atomic mass is 16.6. The monoisotopic (exact) mass is 162 g/mol. The van der Waals surface area contributed by atoms with E-state index in [2.05, 4.69) is 13.2 Å². The second-order valence-electron chi connectivity index (χ2n) is 1.60. The number of ether oxygens (including phenoxy) is 1. The molecule has 0 aromatic rings. The first-order valence-electron chi connectivity index (χ1n) is 3.23. The number of hydrogen-bond acceptors (Lipinski definition) is 2. The maximum Gasteiger partial charge on any atom is 0.503 e. The molecule has 1 saturated heterocycles. The van der Waals surface area contributed by atoms with Crippen LogP contribution >= 0.6 is 0 Å².